The molecular weight excluding hydrogens is 222 g/mol. The third-order valence-corrected chi connectivity index (χ3v) is 2.27. The summed E-state index contributed by atoms with van der Waals surface area (Å²) in [6, 6.07) is 3.25. The fraction of sp³-hybridized carbons (Fsp3) is 0.500. The van der Waals surface area contributed by atoms with E-state index in [1.165, 1.54) is 0 Å². The Labute approximate surface area is 100 Å². The third-order valence-electron chi connectivity index (χ3n) is 2.27. The maximum Gasteiger partial charge on any atom is 0.338 e. The Morgan fingerprint density at radius 2 is 1.88 bits per heavy atom. The van der Waals surface area contributed by atoms with Gasteiger partial charge < -0.3 is 14.9 Å². The number of pyridine rings is 1. The number of aromatic nitrogens is 1. The van der Waals surface area contributed by atoms with Gasteiger partial charge in [-0.25, -0.2) is 4.79 Å². The molecular formula is C12H17NO4. The number of rotatable bonds is 4. The molecule has 1 aromatic heterocycles. The lowest BCUT2D eigenvalue weighted by Gasteiger charge is -2.17. The van der Waals surface area contributed by atoms with Crippen LogP contribution < -0.4 is 0 Å². The first-order valence-corrected chi connectivity index (χ1v) is 5.43. The zero-order valence-electron chi connectivity index (χ0n) is 10.2. The minimum absolute atomic E-state index is 0.164. The number of ether oxygens (including phenoxy) is 1. The van der Waals surface area contributed by atoms with Crippen LogP contribution in [0.5, 0.6) is 0 Å². The number of nitrogens with zero attached hydrogens (tertiary/aromatic N) is 1. The zero-order valence-corrected chi connectivity index (χ0v) is 10.2. The van der Waals surface area contributed by atoms with Crippen LogP contribution in [-0.2, 0) is 9.53 Å². The summed E-state index contributed by atoms with van der Waals surface area (Å²) in [5.41, 5.74) is 1.89. The average Bonchev–Trinajstić information content (AvgIpc) is 2.26. The van der Waals surface area contributed by atoms with Crippen molar-refractivity contribution in [2.45, 2.75) is 33.0 Å². The van der Waals surface area contributed by atoms with Crippen molar-refractivity contribution in [3.8, 4) is 0 Å². The van der Waals surface area contributed by atoms with E-state index >= 15 is 0 Å². The maximum absolute atomic E-state index is 11.3. The molecule has 0 spiro atoms. The standard InChI is InChI=1S/C12H17NO4/c1-4-17-12(16)11(15)10(14)9-5-7(2)13-8(3)6-9/h5-6,10-11,14-15H,4H2,1-3H3. The molecule has 0 saturated carbocycles. The first kappa shape index (κ1) is 13.6. The van der Waals surface area contributed by atoms with Gasteiger partial charge in [0.1, 0.15) is 6.10 Å². The van der Waals surface area contributed by atoms with E-state index in [2.05, 4.69) is 9.72 Å². The first-order valence-electron chi connectivity index (χ1n) is 5.43. The Morgan fingerprint density at radius 1 is 1.35 bits per heavy atom. The highest BCUT2D eigenvalue weighted by Crippen LogP contribution is 2.19. The second-order valence-corrected chi connectivity index (χ2v) is 3.82. The van der Waals surface area contributed by atoms with Crippen molar-refractivity contribution in [2.24, 2.45) is 0 Å². The number of carbonyl (C=O) groups excluding carboxylic acids is 1. The van der Waals surface area contributed by atoms with E-state index < -0.39 is 18.2 Å². The molecule has 2 atom stereocenters. The van der Waals surface area contributed by atoms with Crippen molar-refractivity contribution in [3.63, 3.8) is 0 Å². The lowest BCUT2D eigenvalue weighted by atomic mass is 10.0. The molecule has 0 radical (unpaired) electrons. The van der Waals surface area contributed by atoms with E-state index in [1.54, 1.807) is 32.9 Å². The van der Waals surface area contributed by atoms with Crippen LogP contribution in [0.1, 0.15) is 30.0 Å². The Kier molecular flexibility index (Phi) is 4.60. The molecule has 0 aliphatic heterocycles. The van der Waals surface area contributed by atoms with E-state index in [-0.39, 0.29) is 6.61 Å². The van der Waals surface area contributed by atoms with Crippen LogP contribution in [0.4, 0.5) is 0 Å². The molecule has 0 bridgehead atoms. The Bertz CT molecular complexity index is 385. The van der Waals surface area contributed by atoms with E-state index in [0.29, 0.717) is 5.56 Å². The molecule has 1 rings (SSSR count). The summed E-state index contributed by atoms with van der Waals surface area (Å²) < 4.78 is 4.64. The molecule has 0 aliphatic rings. The topological polar surface area (TPSA) is 79.7 Å². The summed E-state index contributed by atoms with van der Waals surface area (Å²) >= 11 is 0. The number of hydrogen-bond acceptors (Lipinski definition) is 5. The molecule has 5 heteroatoms. The minimum Gasteiger partial charge on any atom is -0.464 e. The van der Waals surface area contributed by atoms with Crippen LogP contribution in [0.15, 0.2) is 12.1 Å². The normalized spacial score (nSPS) is 14.2. The van der Waals surface area contributed by atoms with Gasteiger partial charge in [0.05, 0.1) is 6.61 Å². The first-order chi connectivity index (χ1) is 7.95. The van der Waals surface area contributed by atoms with E-state index in [9.17, 15) is 15.0 Å². The Hall–Kier alpha value is -1.46. The van der Waals surface area contributed by atoms with Crippen LogP contribution in [-0.4, -0.2) is 33.9 Å². The van der Waals surface area contributed by atoms with Gasteiger partial charge in [0.2, 0.25) is 0 Å². The van der Waals surface area contributed by atoms with Gasteiger partial charge in [-0.05, 0) is 38.5 Å². The third kappa shape index (κ3) is 3.51. The smallest absolute Gasteiger partial charge is 0.338 e. The van der Waals surface area contributed by atoms with E-state index in [1.807, 2.05) is 0 Å². The number of aryl methyl sites for hydroxylation is 2. The van der Waals surface area contributed by atoms with Crippen molar-refractivity contribution in [1.82, 2.24) is 4.98 Å². The summed E-state index contributed by atoms with van der Waals surface area (Å²) in [5.74, 6) is -0.827. The molecule has 1 aromatic rings. The van der Waals surface area contributed by atoms with E-state index in [0.717, 1.165) is 11.4 Å². The number of esters is 1. The Morgan fingerprint density at radius 3 is 2.35 bits per heavy atom. The predicted octanol–water partition coefficient (Wildman–Crippen LogP) is 0.656. The highest BCUT2D eigenvalue weighted by Gasteiger charge is 2.27. The van der Waals surface area contributed by atoms with Crippen LogP contribution in [0.2, 0.25) is 0 Å². The number of aliphatic hydroxyl groups is 2. The summed E-state index contributed by atoms with van der Waals surface area (Å²) in [6.07, 6.45) is -2.87. The van der Waals surface area contributed by atoms with Gasteiger partial charge in [0, 0.05) is 11.4 Å². The largest absolute Gasteiger partial charge is 0.464 e. The molecule has 0 fully saturated rings. The molecule has 0 saturated heterocycles. The van der Waals surface area contributed by atoms with Gasteiger partial charge in [-0.1, -0.05) is 0 Å². The molecule has 0 aliphatic carbocycles. The van der Waals surface area contributed by atoms with Gasteiger partial charge in [0.25, 0.3) is 0 Å². The Balaban J connectivity index is 2.87. The van der Waals surface area contributed by atoms with Gasteiger partial charge in [-0.2, -0.15) is 0 Å². The van der Waals surface area contributed by atoms with Crippen molar-refractivity contribution >= 4 is 5.97 Å². The van der Waals surface area contributed by atoms with Gasteiger partial charge >= 0.3 is 5.97 Å². The molecule has 94 valence electrons. The fourth-order valence-corrected chi connectivity index (χ4v) is 1.58. The molecule has 5 nitrogen and oxygen atoms in total. The second kappa shape index (κ2) is 5.75. The molecule has 17 heavy (non-hydrogen) atoms. The lowest BCUT2D eigenvalue weighted by Crippen LogP contribution is -2.30. The number of aliphatic hydroxyl groups excluding tert-OH is 2. The summed E-state index contributed by atoms with van der Waals surface area (Å²) in [4.78, 5) is 15.4. The average molecular weight is 239 g/mol. The second-order valence-electron chi connectivity index (χ2n) is 3.82. The van der Waals surface area contributed by atoms with Crippen molar-refractivity contribution in [2.75, 3.05) is 6.61 Å². The zero-order chi connectivity index (χ0) is 13.0. The molecule has 0 amide bonds. The fourth-order valence-electron chi connectivity index (χ4n) is 1.58. The van der Waals surface area contributed by atoms with Gasteiger partial charge in [-0.15, -0.1) is 0 Å². The van der Waals surface area contributed by atoms with Crippen LogP contribution in [0.3, 0.4) is 0 Å². The van der Waals surface area contributed by atoms with E-state index in [4.69, 9.17) is 0 Å². The van der Waals surface area contributed by atoms with Gasteiger partial charge in [0.15, 0.2) is 6.10 Å². The van der Waals surface area contributed by atoms with Crippen molar-refractivity contribution in [3.05, 3.63) is 29.1 Å². The predicted molar refractivity (Wildman–Crippen MR) is 61.3 cm³/mol. The molecule has 2 N–H and O–H groups in total. The summed E-state index contributed by atoms with van der Waals surface area (Å²) in [5, 5.41) is 19.5. The summed E-state index contributed by atoms with van der Waals surface area (Å²) in [6.45, 7) is 5.36. The highest BCUT2D eigenvalue weighted by molar-refractivity contribution is 5.75. The molecule has 1 heterocycles. The van der Waals surface area contributed by atoms with Crippen molar-refractivity contribution < 1.29 is 19.7 Å². The van der Waals surface area contributed by atoms with Crippen LogP contribution >= 0.6 is 0 Å². The van der Waals surface area contributed by atoms with Crippen molar-refractivity contribution in [1.29, 1.82) is 0 Å². The van der Waals surface area contributed by atoms with Crippen LogP contribution in [0, 0.1) is 13.8 Å². The highest BCUT2D eigenvalue weighted by atomic mass is 16.5. The summed E-state index contributed by atoms with van der Waals surface area (Å²) in [7, 11) is 0. The molecule has 2 unspecified atom stereocenters. The quantitative estimate of drug-likeness (QED) is 0.754. The number of hydrogen-bond donors (Lipinski definition) is 2. The van der Waals surface area contributed by atoms with Crippen LogP contribution in [0.25, 0.3) is 0 Å². The maximum atomic E-state index is 11.3. The minimum atomic E-state index is -1.57. The molecule has 0 aromatic carbocycles. The van der Waals surface area contributed by atoms with Gasteiger partial charge in [-0.3, -0.25) is 4.98 Å². The number of carbonyl (C=O) groups is 1. The SMILES string of the molecule is CCOC(=O)C(O)C(O)c1cc(C)nc(C)c1. The monoisotopic (exact) mass is 239 g/mol. The lowest BCUT2D eigenvalue weighted by molar-refractivity contribution is -0.159.